The van der Waals surface area contributed by atoms with Crippen LogP contribution >= 0.6 is 0 Å². The normalized spacial score (nSPS) is 17.4. The topological polar surface area (TPSA) is 101 Å². The average molecular weight is 546 g/mol. The molecule has 0 amide bonds. The van der Waals surface area contributed by atoms with E-state index in [2.05, 4.69) is 65.0 Å². The lowest BCUT2D eigenvalue weighted by atomic mass is 10.0. The number of fused-ring (bicyclic) bond motifs is 1. The molecule has 1 saturated heterocycles. The molecule has 210 valence electrons. The molecular weight excluding hydrogens is 509 g/mol. The lowest BCUT2D eigenvalue weighted by molar-refractivity contribution is -0.0136. The number of para-hydroxylation sites is 1. The molecule has 40 heavy (non-hydrogen) atoms. The Labute approximate surface area is 233 Å². The van der Waals surface area contributed by atoms with E-state index < -0.39 is 11.9 Å². The van der Waals surface area contributed by atoms with E-state index in [0.717, 1.165) is 28.7 Å². The molecule has 4 aromatic rings. The molecular formula is C31H36FN5O3. The van der Waals surface area contributed by atoms with Crippen LogP contribution in [0.3, 0.4) is 0 Å². The van der Waals surface area contributed by atoms with Crippen molar-refractivity contribution in [1.82, 2.24) is 14.5 Å². The maximum Gasteiger partial charge on any atom is 0.223 e. The number of anilines is 2. The van der Waals surface area contributed by atoms with E-state index in [1.54, 1.807) is 12.1 Å². The number of nitrogens with one attached hydrogen (secondary N) is 2. The molecule has 2 aromatic carbocycles. The number of hydrogen-bond acceptors (Lipinski definition) is 7. The molecule has 0 bridgehead atoms. The van der Waals surface area contributed by atoms with Crippen molar-refractivity contribution in [1.29, 1.82) is 0 Å². The van der Waals surface area contributed by atoms with Gasteiger partial charge in [-0.1, -0.05) is 24.3 Å². The van der Waals surface area contributed by atoms with E-state index >= 15 is 4.39 Å². The van der Waals surface area contributed by atoms with Crippen molar-refractivity contribution in [3.05, 3.63) is 81.0 Å². The smallest absolute Gasteiger partial charge is 0.223 e. The molecule has 3 heterocycles. The van der Waals surface area contributed by atoms with E-state index in [1.165, 1.54) is 0 Å². The highest BCUT2D eigenvalue weighted by Gasteiger charge is 2.25. The van der Waals surface area contributed by atoms with E-state index in [-0.39, 0.29) is 35.8 Å². The van der Waals surface area contributed by atoms with Crippen LogP contribution in [0.1, 0.15) is 48.7 Å². The molecule has 0 radical (unpaired) electrons. The third-order valence-corrected chi connectivity index (χ3v) is 7.65. The molecule has 8 nitrogen and oxygen atoms in total. The minimum atomic E-state index is -0.703. The molecule has 1 aliphatic heterocycles. The average Bonchev–Trinajstić information content (AvgIpc) is 2.92. The van der Waals surface area contributed by atoms with Crippen LogP contribution in [0.15, 0.2) is 47.4 Å². The fourth-order valence-corrected chi connectivity index (χ4v) is 5.50. The van der Waals surface area contributed by atoms with Crippen LogP contribution < -0.4 is 16.1 Å². The number of benzene rings is 2. The molecule has 1 fully saturated rings. The van der Waals surface area contributed by atoms with Gasteiger partial charge in [0, 0.05) is 40.5 Å². The summed E-state index contributed by atoms with van der Waals surface area (Å²) >= 11 is 0. The summed E-state index contributed by atoms with van der Waals surface area (Å²) in [6, 6.07) is 11.2. The van der Waals surface area contributed by atoms with Gasteiger partial charge in [0.05, 0.1) is 37.0 Å². The largest absolute Gasteiger partial charge is 0.389 e. The zero-order chi connectivity index (χ0) is 28.6. The molecule has 0 aliphatic carbocycles. The molecule has 2 atom stereocenters. The zero-order valence-corrected chi connectivity index (χ0v) is 23.6. The standard InChI is InChI=1S/C31H36FN5O3/c1-17(2)37-25-13-21(29-23(32)14-34-31(36-29)35-24-11-12-40-16-27(24)38)9-10-22(25)30(39)20(5)26(37)15-33-28-18(3)7-6-8-19(28)4/h6-10,13-14,17,24,27,33,38H,11-12,15-16H2,1-5H3,(H,34,35,36)/t24-,27-/m1/s1. The van der Waals surface area contributed by atoms with Gasteiger partial charge in [0.2, 0.25) is 5.95 Å². The van der Waals surface area contributed by atoms with Gasteiger partial charge in [-0.15, -0.1) is 0 Å². The summed E-state index contributed by atoms with van der Waals surface area (Å²) < 4.78 is 22.5. The Morgan fingerprint density at radius 2 is 1.93 bits per heavy atom. The Kier molecular flexibility index (Phi) is 7.87. The van der Waals surface area contributed by atoms with Gasteiger partial charge in [0.15, 0.2) is 11.2 Å². The van der Waals surface area contributed by atoms with Crippen molar-refractivity contribution in [2.24, 2.45) is 0 Å². The van der Waals surface area contributed by atoms with Crippen LogP contribution in [-0.2, 0) is 11.3 Å². The Hall–Kier alpha value is -3.82. The summed E-state index contributed by atoms with van der Waals surface area (Å²) in [5, 5.41) is 17.5. The van der Waals surface area contributed by atoms with Gasteiger partial charge in [-0.05, 0) is 64.3 Å². The summed E-state index contributed by atoms with van der Waals surface area (Å²) in [6.45, 7) is 11.3. The second kappa shape index (κ2) is 11.3. The van der Waals surface area contributed by atoms with Crippen LogP contribution in [0.4, 0.5) is 16.0 Å². The monoisotopic (exact) mass is 545 g/mol. The minimum Gasteiger partial charge on any atom is -0.389 e. The molecule has 9 heteroatoms. The third kappa shape index (κ3) is 5.31. The van der Waals surface area contributed by atoms with Crippen molar-refractivity contribution in [3.63, 3.8) is 0 Å². The number of aliphatic hydroxyl groups is 1. The van der Waals surface area contributed by atoms with Gasteiger partial charge in [0.1, 0.15) is 5.69 Å². The van der Waals surface area contributed by atoms with E-state index in [1.807, 2.05) is 19.1 Å². The number of halogens is 1. The highest BCUT2D eigenvalue weighted by atomic mass is 19.1. The first-order chi connectivity index (χ1) is 19.2. The van der Waals surface area contributed by atoms with Gasteiger partial charge in [-0.3, -0.25) is 4.79 Å². The van der Waals surface area contributed by atoms with E-state index in [4.69, 9.17) is 4.74 Å². The predicted molar refractivity (Wildman–Crippen MR) is 156 cm³/mol. The van der Waals surface area contributed by atoms with Crippen molar-refractivity contribution < 1.29 is 14.2 Å². The molecule has 0 saturated carbocycles. The number of hydrogen-bond donors (Lipinski definition) is 3. The van der Waals surface area contributed by atoms with Crippen LogP contribution in [0, 0.1) is 26.6 Å². The number of nitrogens with zero attached hydrogens (tertiary/aromatic N) is 3. The maximum absolute atomic E-state index is 15.1. The fraction of sp³-hybridized carbons (Fsp3) is 0.387. The van der Waals surface area contributed by atoms with Gasteiger partial charge >= 0.3 is 0 Å². The zero-order valence-electron chi connectivity index (χ0n) is 23.6. The number of aliphatic hydroxyl groups excluding tert-OH is 1. The minimum absolute atomic E-state index is 0.0364. The molecule has 0 spiro atoms. The van der Waals surface area contributed by atoms with Crippen LogP contribution in [0.2, 0.25) is 0 Å². The van der Waals surface area contributed by atoms with E-state index in [0.29, 0.717) is 41.6 Å². The van der Waals surface area contributed by atoms with Crippen LogP contribution in [0.25, 0.3) is 22.2 Å². The van der Waals surface area contributed by atoms with Gasteiger partial charge in [-0.25, -0.2) is 14.4 Å². The number of aryl methyl sites for hydroxylation is 2. The molecule has 3 N–H and O–H groups in total. The highest BCUT2D eigenvalue weighted by molar-refractivity contribution is 5.85. The second-order valence-electron chi connectivity index (χ2n) is 10.8. The molecule has 1 aliphatic rings. The first-order valence-corrected chi connectivity index (χ1v) is 13.7. The first-order valence-electron chi connectivity index (χ1n) is 13.7. The Morgan fingerprint density at radius 3 is 2.62 bits per heavy atom. The van der Waals surface area contributed by atoms with E-state index in [9.17, 15) is 9.90 Å². The van der Waals surface area contributed by atoms with Crippen molar-refractivity contribution in [2.75, 3.05) is 23.8 Å². The lowest BCUT2D eigenvalue weighted by Gasteiger charge is -2.28. The summed E-state index contributed by atoms with van der Waals surface area (Å²) in [5.41, 5.74) is 6.22. The fourth-order valence-electron chi connectivity index (χ4n) is 5.50. The third-order valence-electron chi connectivity index (χ3n) is 7.65. The van der Waals surface area contributed by atoms with Gasteiger partial charge in [-0.2, -0.15) is 0 Å². The second-order valence-corrected chi connectivity index (χ2v) is 10.8. The lowest BCUT2D eigenvalue weighted by Crippen LogP contribution is -2.42. The summed E-state index contributed by atoms with van der Waals surface area (Å²) in [6.07, 6.45) is 1.02. The number of aromatic nitrogens is 3. The van der Waals surface area contributed by atoms with Crippen molar-refractivity contribution in [3.8, 4) is 11.3 Å². The van der Waals surface area contributed by atoms with Gasteiger partial charge < -0.3 is 25.0 Å². The molecule has 2 aromatic heterocycles. The maximum atomic E-state index is 15.1. The predicted octanol–water partition coefficient (Wildman–Crippen LogP) is 5.28. The quantitative estimate of drug-likeness (QED) is 0.291. The van der Waals surface area contributed by atoms with Crippen LogP contribution in [0.5, 0.6) is 0 Å². The summed E-state index contributed by atoms with van der Waals surface area (Å²) in [5.74, 6) is -0.342. The Bertz CT molecular complexity index is 1600. The number of rotatable bonds is 7. The molecule has 5 rings (SSSR count). The summed E-state index contributed by atoms with van der Waals surface area (Å²) in [4.78, 5) is 22.1. The first kappa shape index (κ1) is 27.7. The number of ether oxygens (including phenoxy) is 1. The van der Waals surface area contributed by atoms with Crippen molar-refractivity contribution in [2.45, 2.75) is 65.8 Å². The number of pyridine rings is 1. The van der Waals surface area contributed by atoms with Crippen molar-refractivity contribution >= 4 is 22.5 Å². The molecule has 0 unspecified atom stereocenters. The Balaban J connectivity index is 1.58. The highest BCUT2D eigenvalue weighted by Crippen LogP contribution is 2.29. The summed E-state index contributed by atoms with van der Waals surface area (Å²) in [7, 11) is 0. The SMILES string of the molecule is Cc1cccc(C)c1NCc1c(C)c(=O)c2ccc(-c3nc(N[C@@H]4CCOC[C@H]4O)ncc3F)cc2n1C(C)C. The van der Waals surface area contributed by atoms with Crippen LogP contribution in [-0.4, -0.2) is 45.0 Å². The Morgan fingerprint density at radius 1 is 1.18 bits per heavy atom. The van der Waals surface area contributed by atoms with Gasteiger partial charge in [0.25, 0.3) is 0 Å².